The number of fused-ring (bicyclic) bond motifs is 1. The summed E-state index contributed by atoms with van der Waals surface area (Å²) in [6.07, 6.45) is 8.55. The van der Waals surface area contributed by atoms with Gasteiger partial charge in [0.2, 0.25) is 0 Å². The number of rotatable bonds is 5. The molecule has 29 heavy (non-hydrogen) atoms. The van der Waals surface area contributed by atoms with Crippen LogP contribution in [0.1, 0.15) is 37.7 Å². The van der Waals surface area contributed by atoms with E-state index in [9.17, 15) is 9.59 Å². The maximum Gasteiger partial charge on any atom is 0.267 e. The largest absolute Gasteiger partial charge is 0.395 e. The third kappa shape index (κ3) is 3.94. The molecule has 1 amide bonds. The molecule has 1 aliphatic carbocycles. The van der Waals surface area contributed by atoms with Gasteiger partial charge in [0.1, 0.15) is 15.8 Å². The summed E-state index contributed by atoms with van der Waals surface area (Å²) in [6, 6.07) is 5.43. The summed E-state index contributed by atoms with van der Waals surface area (Å²) in [7, 11) is 0. The van der Waals surface area contributed by atoms with Crippen molar-refractivity contribution in [1.29, 1.82) is 0 Å². The number of hydrogen-bond donors (Lipinski definition) is 2. The number of nitrogens with one attached hydrogen (secondary N) is 1. The number of nitrogens with zero attached hydrogens (tertiary/aromatic N) is 3. The molecule has 0 spiro atoms. The highest BCUT2D eigenvalue weighted by atomic mass is 32.2. The second kappa shape index (κ2) is 8.64. The van der Waals surface area contributed by atoms with Gasteiger partial charge in [-0.3, -0.25) is 18.9 Å². The van der Waals surface area contributed by atoms with E-state index in [2.05, 4.69) is 10.3 Å². The number of thioether (sulfide) groups is 1. The summed E-state index contributed by atoms with van der Waals surface area (Å²) < 4.78 is 1.99. The topological polar surface area (TPSA) is 86.9 Å². The van der Waals surface area contributed by atoms with E-state index in [0.29, 0.717) is 20.7 Å². The van der Waals surface area contributed by atoms with Gasteiger partial charge in [0.15, 0.2) is 0 Å². The van der Waals surface area contributed by atoms with Crippen molar-refractivity contribution in [2.24, 2.45) is 0 Å². The number of aliphatic hydroxyl groups is 1. The molecule has 2 aliphatic rings. The Kier molecular flexibility index (Phi) is 5.98. The summed E-state index contributed by atoms with van der Waals surface area (Å²) >= 11 is 6.72. The summed E-state index contributed by atoms with van der Waals surface area (Å²) in [6.45, 7) is 0.151. The van der Waals surface area contributed by atoms with Crippen molar-refractivity contribution in [3.8, 4) is 0 Å². The lowest BCUT2D eigenvalue weighted by Gasteiger charge is -2.29. The Balaban J connectivity index is 1.75. The fourth-order valence-corrected chi connectivity index (χ4v) is 5.19. The molecule has 0 radical (unpaired) electrons. The predicted molar refractivity (Wildman–Crippen MR) is 119 cm³/mol. The van der Waals surface area contributed by atoms with Crippen LogP contribution in [0.15, 0.2) is 34.1 Å². The highest BCUT2D eigenvalue weighted by molar-refractivity contribution is 8.26. The van der Waals surface area contributed by atoms with Crippen molar-refractivity contribution in [2.45, 2.75) is 38.1 Å². The van der Waals surface area contributed by atoms with E-state index in [-0.39, 0.29) is 36.2 Å². The molecular formula is C20H22N4O3S2. The number of hydrogen-bond acceptors (Lipinski definition) is 7. The molecule has 4 rings (SSSR count). The van der Waals surface area contributed by atoms with E-state index in [1.807, 2.05) is 0 Å². The summed E-state index contributed by atoms with van der Waals surface area (Å²) in [5.74, 6) is 0.204. The molecule has 3 heterocycles. The number of aromatic nitrogens is 2. The van der Waals surface area contributed by atoms with E-state index in [1.165, 1.54) is 22.6 Å². The van der Waals surface area contributed by atoms with E-state index >= 15 is 0 Å². The van der Waals surface area contributed by atoms with E-state index < -0.39 is 0 Å². The molecule has 2 N–H and O–H groups in total. The molecule has 9 heteroatoms. The fourth-order valence-electron chi connectivity index (χ4n) is 3.81. The smallest absolute Gasteiger partial charge is 0.267 e. The van der Waals surface area contributed by atoms with Crippen LogP contribution in [0, 0.1) is 0 Å². The van der Waals surface area contributed by atoms with Gasteiger partial charge in [-0.15, -0.1) is 0 Å². The lowest BCUT2D eigenvalue weighted by molar-refractivity contribution is -0.124. The minimum Gasteiger partial charge on any atom is -0.395 e. The zero-order valence-electron chi connectivity index (χ0n) is 15.8. The van der Waals surface area contributed by atoms with Crippen LogP contribution in [0.25, 0.3) is 11.7 Å². The highest BCUT2D eigenvalue weighted by Crippen LogP contribution is 2.37. The van der Waals surface area contributed by atoms with Gasteiger partial charge in [0.05, 0.1) is 17.1 Å². The average molecular weight is 431 g/mol. The van der Waals surface area contributed by atoms with Gasteiger partial charge < -0.3 is 10.4 Å². The molecule has 0 bridgehead atoms. The molecule has 0 aromatic carbocycles. The van der Waals surface area contributed by atoms with Gasteiger partial charge in [-0.2, -0.15) is 0 Å². The van der Waals surface area contributed by atoms with E-state index in [4.69, 9.17) is 17.3 Å². The highest BCUT2D eigenvalue weighted by Gasteiger charge is 2.37. The van der Waals surface area contributed by atoms with Crippen LogP contribution in [-0.2, 0) is 4.79 Å². The standard InChI is InChI=1S/C20H22N4O3S2/c25-11-9-21-17-14(18(26)23-10-5-4-8-16(23)22-17)12-15-19(27)24(20(28)29-15)13-6-2-1-3-7-13/h4-5,8,10,12-13,21,25H,1-3,6-7,9,11H2. The van der Waals surface area contributed by atoms with Crippen molar-refractivity contribution in [3.05, 3.63) is 45.2 Å². The van der Waals surface area contributed by atoms with Crippen molar-refractivity contribution < 1.29 is 9.90 Å². The monoisotopic (exact) mass is 430 g/mol. The van der Waals surface area contributed by atoms with Gasteiger partial charge in [0.25, 0.3) is 11.5 Å². The van der Waals surface area contributed by atoms with Gasteiger partial charge in [0, 0.05) is 18.8 Å². The van der Waals surface area contributed by atoms with Crippen molar-refractivity contribution in [1.82, 2.24) is 14.3 Å². The molecule has 152 valence electrons. The molecule has 7 nitrogen and oxygen atoms in total. The first kappa shape index (κ1) is 20.1. The molecule has 1 aliphatic heterocycles. The fraction of sp³-hybridized carbons (Fsp3) is 0.400. The minimum absolute atomic E-state index is 0.0981. The average Bonchev–Trinajstić information content (AvgIpc) is 3.02. The summed E-state index contributed by atoms with van der Waals surface area (Å²) in [4.78, 5) is 32.8. The maximum atomic E-state index is 13.1. The van der Waals surface area contributed by atoms with Gasteiger partial charge in [-0.25, -0.2) is 4.98 Å². The Labute approximate surface area is 177 Å². The van der Waals surface area contributed by atoms with Crippen molar-refractivity contribution >= 4 is 51.7 Å². The third-order valence-corrected chi connectivity index (χ3v) is 6.54. The lowest BCUT2D eigenvalue weighted by atomic mass is 9.94. The van der Waals surface area contributed by atoms with Crippen molar-refractivity contribution in [3.63, 3.8) is 0 Å². The first-order valence-electron chi connectivity index (χ1n) is 9.73. The number of thiocarbonyl (C=S) groups is 1. The summed E-state index contributed by atoms with van der Waals surface area (Å²) in [5.41, 5.74) is 0.495. The van der Waals surface area contributed by atoms with Crippen LogP contribution in [0.3, 0.4) is 0 Å². The molecule has 1 saturated heterocycles. The predicted octanol–water partition coefficient (Wildman–Crippen LogP) is 2.63. The second-order valence-electron chi connectivity index (χ2n) is 7.10. The van der Waals surface area contributed by atoms with Gasteiger partial charge in [-0.1, -0.05) is 49.3 Å². The van der Waals surface area contributed by atoms with Crippen LogP contribution in [0.2, 0.25) is 0 Å². The SMILES string of the molecule is O=C1C(=Cc2c(NCCO)nc3ccccn3c2=O)SC(=S)N1C1CCCCC1. The quantitative estimate of drug-likeness (QED) is 0.557. The Morgan fingerprint density at radius 1 is 1.28 bits per heavy atom. The second-order valence-corrected chi connectivity index (χ2v) is 8.78. The van der Waals surface area contributed by atoms with E-state index in [0.717, 1.165) is 25.7 Å². The number of pyridine rings is 1. The van der Waals surface area contributed by atoms with Crippen LogP contribution < -0.4 is 10.9 Å². The van der Waals surface area contributed by atoms with Gasteiger partial charge in [-0.05, 0) is 31.1 Å². The van der Waals surface area contributed by atoms with Crippen molar-refractivity contribution in [2.75, 3.05) is 18.5 Å². The number of amides is 1. The van der Waals surface area contributed by atoms with E-state index in [1.54, 1.807) is 35.4 Å². The third-order valence-electron chi connectivity index (χ3n) is 5.21. The van der Waals surface area contributed by atoms with Crippen LogP contribution in [0.4, 0.5) is 5.82 Å². The first-order valence-corrected chi connectivity index (χ1v) is 11.0. The summed E-state index contributed by atoms with van der Waals surface area (Å²) in [5, 5.41) is 12.2. The van der Waals surface area contributed by atoms with Crippen LogP contribution >= 0.6 is 24.0 Å². The molecule has 2 fully saturated rings. The first-order chi connectivity index (χ1) is 14.1. The minimum atomic E-state index is -0.279. The molecular weight excluding hydrogens is 408 g/mol. The zero-order valence-corrected chi connectivity index (χ0v) is 17.5. The normalized spacial score (nSPS) is 19.5. The number of aliphatic hydroxyl groups excluding tert-OH is 1. The van der Waals surface area contributed by atoms with Crippen LogP contribution in [-0.4, -0.2) is 48.8 Å². The Bertz CT molecular complexity index is 1040. The molecule has 2 aromatic heterocycles. The maximum absolute atomic E-state index is 13.1. The number of anilines is 1. The lowest BCUT2D eigenvalue weighted by Crippen LogP contribution is -2.39. The molecule has 0 unspecified atom stereocenters. The number of carbonyl (C=O) groups is 1. The number of carbonyl (C=O) groups excluding carboxylic acids is 1. The molecule has 1 saturated carbocycles. The molecule has 0 atom stereocenters. The zero-order chi connectivity index (χ0) is 20.4. The Morgan fingerprint density at radius 2 is 2.07 bits per heavy atom. The van der Waals surface area contributed by atoms with Crippen LogP contribution in [0.5, 0.6) is 0 Å². The van der Waals surface area contributed by atoms with Gasteiger partial charge >= 0.3 is 0 Å². The Hall–Kier alpha value is -2.23. The molecule has 2 aromatic rings. The Morgan fingerprint density at radius 3 is 2.83 bits per heavy atom.